The number of rotatable bonds is 4. The summed E-state index contributed by atoms with van der Waals surface area (Å²) in [4.78, 5) is 22.9. The van der Waals surface area contributed by atoms with Crippen molar-refractivity contribution in [3.05, 3.63) is 28.2 Å². The van der Waals surface area contributed by atoms with Gasteiger partial charge < -0.3 is 10.1 Å². The van der Waals surface area contributed by atoms with Crippen molar-refractivity contribution in [1.82, 2.24) is 10.6 Å². The fraction of sp³-hybridized carbons (Fsp3) is 0.385. The highest BCUT2D eigenvalue weighted by Crippen LogP contribution is 2.23. The van der Waals surface area contributed by atoms with Crippen molar-refractivity contribution in [3.63, 3.8) is 0 Å². The molecule has 0 saturated heterocycles. The van der Waals surface area contributed by atoms with Crippen molar-refractivity contribution >= 4 is 27.9 Å². The Morgan fingerprint density at radius 1 is 1.42 bits per heavy atom. The molecule has 104 valence electrons. The van der Waals surface area contributed by atoms with Gasteiger partial charge in [0.25, 0.3) is 5.91 Å². The van der Waals surface area contributed by atoms with E-state index in [0.717, 1.165) is 10.0 Å². The highest BCUT2D eigenvalue weighted by Gasteiger charge is 2.17. The average molecular weight is 329 g/mol. The SMILES string of the molecule is CCNC(=O)NC(=O)C(C)Oc1cc(Br)ccc1C. The quantitative estimate of drug-likeness (QED) is 0.891. The van der Waals surface area contributed by atoms with Crippen LogP contribution < -0.4 is 15.4 Å². The monoisotopic (exact) mass is 328 g/mol. The minimum absolute atomic E-state index is 0.457. The number of imide groups is 1. The molecule has 6 heteroatoms. The fourth-order valence-electron chi connectivity index (χ4n) is 1.36. The molecule has 0 bridgehead atoms. The van der Waals surface area contributed by atoms with E-state index >= 15 is 0 Å². The third-order valence-electron chi connectivity index (χ3n) is 2.40. The zero-order valence-electron chi connectivity index (χ0n) is 11.1. The number of hydrogen-bond donors (Lipinski definition) is 2. The lowest BCUT2D eigenvalue weighted by atomic mass is 10.2. The molecular weight excluding hydrogens is 312 g/mol. The van der Waals surface area contributed by atoms with Crippen LogP contribution in [0.2, 0.25) is 0 Å². The van der Waals surface area contributed by atoms with Gasteiger partial charge in [-0.15, -0.1) is 0 Å². The molecule has 0 aromatic heterocycles. The topological polar surface area (TPSA) is 67.4 Å². The van der Waals surface area contributed by atoms with Gasteiger partial charge in [-0.05, 0) is 38.5 Å². The van der Waals surface area contributed by atoms with E-state index in [0.29, 0.717) is 12.3 Å². The number of ether oxygens (including phenoxy) is 1. The van der Waals surface area contributed by atoms with Crippen LogP contribution in [0.1, 0.15) is 19.4 Å². The summed E-state index contributed by atoms with van der Waals surface area (Å²) in [6.45, 7) is 5.71. The van der Waals surface area contributed by atoms with Gasteiger partial charge in [0, 0.05) is 11.0 Å². The molecule has 0 saturated carbocycles. The van der Waals surface area contributed by atoms with E-state index in [1.54, 1.807) is 19.9 Å². The third-order valence-corrected chi connectivity index (χ3v) is 2.89. The number of urea groups is 1. The second-order valence-electron chi connectivity index (χ2n) is 4.02. The number of halogens is 1. The van der Waals surface area contributed by atoms with E-state index in [2.05, 4.69) is 26.6 Å². The predicted octanol–water partition coefficient (Wildman–Crippen LogP) is 2.37. The molecule has 0 spiro atoms. The van der Waals surface area contributed by atoms with Crippen LogP contribution in [0.25, 0.3) is 0 Å². The zero-order valence-corrected chi connectivity index (χ0v) is 12.7. The van der Waals surface area contributed by atoms with Crippen LogP contribution in [-0.4, -0.2) is 24.6 Å². The Bertz CT molecular complexity index is 477. The Morgan fingerprint density at radius 2 is 2.11 bits per heavy atom. The molecule has 0 aliphatic rings. The lowest BCUT2D eigenvalue weighted by Gasteiger charge is -2.16. The van der Waals surface area contributed by atoms with Gasteiger partial charge in [-0.1, -0.05) is 22.0 Å². The van der Waals surface area contributed by atoms with Crippen LogP contribution in [0, 0.1) is 6.92 Å². The highest BCUT2D eigenvalue weighted by molar-refractivity contribution is 9.10. The number of nitrogens with one attached hydrogen (secondary N) is 2. The number of amides is 3. The Morgan fingerprint density at radius 3 is 2.74 bits per heavy atom. The molecule has 5 nitrogen and oxygen atoms in total. The van der Waals surface area contributed by atoms with Gasteiger partial charge in [-0.25, -0.2) is 4.79 Å². The molecule has 0 aliphatic heterocycles. The molecule has 0 fully saturated rings. The van der Waals surface area contributed by atoms with Gasteiger partial charge >= 0.3 is 6.03 Å². The highest BCUT2D eigenvalue weighted by atomic mass is 79.9. The van der Waals surface area contributed by atoms with Crippen molar-refractivity contribution in [3.8, 4) is 5.75 Å². The molecule has 1 rings (SSSR count). The molecule has 19 heavy (non-hydrogen) atoms. The maximum Gasteiger partial charge on any atom is 0.321 e. The summed E-state index contributed by atoms with van der Waals surface area (Å²) in [5.41, 5.74) is 0.917. The zero-order chi connectivity index (χ0) is 14.4. The van der Waals surface area contributed by atoms with E-state index in [1.807, 2.05) is 19.1 Å². The number of carbonyl (C=O) groups excluding carboxylic acids is 2. The van der Waals surface area contributed by atoms with Gasteiger partial charge in [-0.2, -0.15) is 0 Å². The summed E-state index contributed by atoms with van der Waals surface area (Å²) < 4.78 is 6.41. The lowest BCUT2D eigenvalue weighted by Crippen LogP contribution is -2.45. The van der Waals surface area contributed by atoms with Crippen molar-refractivity contribution in [2.45, 2.75) is 26.9 Å². The second kappa shape index (κ2) is 7.13. The van der Waals surface area contributed by atoms with Crippen LogP contribution in [-0.2, 0) is 4.79 Å². The summed E-state index contributed by atoms with van der Waals surface area (Å²) in [6, 6.07) is 5.04. The Labute approximate surface area is 120 Å². The summed E-state index contributed by atoms with van der Waals surface area (Å²) in [7, 11) is 0. The molecule has 1 aromatic rings. The molecule has 0 heterocycles. The molecular formula is C13H17BrN2O3. The van der Waals surface area contributed by atoms with Gasteiger partial charge in [-0.3, -0.25) is 10.1 Å². The number of aryl methyl sites for hydroxylation is 1. The van der Waals surface area contributed by atoms with E-state index in [1.165, 1.54) is 0 Å². The summed E-state index contributed by atoms with van der Waals surface area (Å²) in [5, 5.41) is 4.69. The Kier molecular flexibility index (Phi) is 5.82. The third kappa shape index (κ3) is 4.90. The first kappa shape index (κ1) is 15.5. The summed E-state index contributed by atoms with van der Waals surface area (Å²) in [6.07, 6.45) is -0.754. The first-order valence-electron chi connectivity index (χ1n) is 5.95. The maximum absolute atomic E-state index is 11.7. The molecule has 1 atom stereocenters. The first-order chi connectivity index (χ1) is 8.93. The van der Waals surface area contributed by atoms with Gasteiger partial charge in [0.05, 0.1) is 0 Å². The second-order valence-corrected chi connectivity index (χ2v) is 4.93. The number of carbonyl (C=O) groups is 2. The van der Waals surface area contributed by atoms with E-state index < -0.39 is 18.0 Å². The first-order valence-corrected chi connectivity index (χ1v) is 6.74. The van der Waals surface area contributed by atoms with Crippen molar-refractivity contribution in [2.24, 2.45) is 0 Å². The van der Waals surface area contributed by atoms with Gasteiger partial charge in [0.15, 0.2) is 6.10 Å². The van der Waals surface area contributed by atoms with Gasteiger partial charge in [0.2, 0.25) is 0 Å². The number of hydrogen-bond acceptors (Lipinski definition) is 3. The van der Waals surface area contributed by atoms with Crippen molar-refractivity contribution < 1.29 is 14.3 Å². The Hall–Kier alpha value is -1.56. The number of benzene rings is 1. The van der Waals surface area contributed by atoms with Crippen LogP contribution >= 0.6 is 15.9 Å². The predicted molar refractivity (Wildman–Crippen MR) is 76.2 cm³/mol. The normalized spacial score (nSPS) is 11.6. The van der Waals surface area contributed by atoms with Crippen LogP contribution in [0.15, 0.2) is 22.7 Å². The lowest BCUT2D eigenvalue weighted by molar-refractivity contribution is -0.126. The molecule has 1 unspecified atom stereocenters. The Balaban J connectivity index is 2.63. The molecule has 3 amide bonds. The molecule has 0 aliphatic carbocycles. The van der Waals surface area contributed by atoms with Crippen molar-refractivity contribution in [2.75, 3.05) is 6.54 Å². The van der Waals surface area contributed by atoms with Crippen LogP contribution in [0.4, 0.5) is 4.79 Å². The van der Waals surface area contributed by atoms with E-state index in [4.69, 9.17) is 4.74 Å². The molecule has 0 radical (unpaired) electrons. The standard InChI is InChI=1S/C13H17BrN2O3/c1-4-15-13(18)16-12(17)9(3)19-11-7-10(14)6-5-8(11)2/h5-7,9H,4H2,1-3H3,(H2,15,16,17,18). The average Bonchev–Trinajstić information content (AvgIpc) is 2.34. The van der Waals surface area contributed by atoms with E-state index in [-0.39, 0.29) is 0 Å². The van der Waals surface area contributed by atoms with Crippen LogP contribution in [0.3, 0.4) is 0 Å². The summed E-state index contributed by atoms with van der Waals surface area (Å²) >= 11 is 3.34. The molecule has 2 N–H and O–H groups in total. The minimum Gasteiger partial charge on any atom is -0.481 e. The van der Waals surface area contributed by atoms with Crippen LogP contribution in [0.5, 0.6) is 5.75 Å². The summed E-state index contributed by atoms with van der Waals surface area (Å²) in [5.74, 6) is 0.123. The minimum atomic E-state index is -0.754. The van der Waals surface area contributed by atoms with E-state index in [9.17, 15) is 9.59 Å². The largest absolute Gasteiger partial charge is 0.481 e. The maximum atomic E-state index is 11.7. The smallest absolute Gasteiger partial charge is 0.321 e. The molecule has 1 aromatic carbocycles. The van der Waals surface area contributed by atoms with Crippen molar-refractivity contribution in [1.29, 1.82) is 0 Å². The fourth-order valence-corrected chi connectivity index (χ4v) is 1.70. The van der Waals surface area contributed by atoms with Gasteiger partial charge in [0.1, 0.15) is 5.75 Å².